The van der Waals surface area contributed by atoms with E-state index >= 15 is 0 Å². The van der Waals surface area contributed by atoms with E-state index in [4.69, 9.17) is 51.1 Å². The highest BCUT2D eigenvalue weighted by Gasteiger charge is 2.21. The van der Waals surface area contributed by atoms with E-state index in [0.717, 1.165) is 11.1 Å². The summed E-state index contributed by atoms with van der Waals surface area (Å²) in [7, 11) is 1.54. The number of alkyl halides is 1. The Morgan fingerprint density at radius 1 is 0.950 bits per heavy atom. The van der Waals surface area contributed by atoms with Crippen molar-refractivity contribution in [2.24, 2.45) is 0 Å². The molecule has 2 aromatic carbocycles. The number of benzene rings is 2. The van der Waals surface area contributed by atoms with Crippen LogP contribution in [-0.4, -0.2) is 7.11 Å². The Morgan fingerprint density at radius 2 is 1.55 bits per heavy atom. The third kappa shape index (κ3) is 3.20. The van der Waals surface area contributed by atoms with Crippen molar-refractivity contribution in [3.8, 4) is 5.75 Å². The van der Waals surface area contributed by atoms with E-state index in [-0.39, 0.29) is 4.83 Å². The molecule has 2 aromatic rings. The lowest BCUT2D eigenvalue weighted by atomic mass is 10.0. The minimum absolute atomic E-state index is 0.264. The highest BCUT2D eigenvalue weighted by atomic mass is 79.9. The average Bonchev–Trinajstić information content (AvgIpc) is 2.40. The van der Waals surface area contributed by atoms with Gasteiger partial charge in [0, 0.05) is 26.7 Å². The van der Waals surface area contributed by atoms with E-state index < -0.39 is 0 Å². The van der Waals surface area contributed by atoms with Gasteiger partial charge in [-0.15, -0.1) is 0 Å². The molecule has 0 saturated carbocycles. The Labute approximate surface area is 145 Å². The van der Waals surface area contributed by atoms with Crippen molar-refractivity contribution in [3.63, 3.8) is 0 Å². The highest BCUT2D eigenvalue weighted by Crippen LogP contribution is 2.44. The maximum absolute atomic E-state index is 6.27. The van der Waals surface area contributed by atoms with Gasteiger partial charge in [-0.1, -0.05) is 68.4 Å². The quantitative estimate of drug-likeness (QED) is 0.502. The third-order valence-corrected chi connectivity index (χ3v) is 5.03. The summed E-state index contributed by atoms with van der Waals surface area (Å²) in [5, 5.41) is 2.11. The smallest absolute Gasteiger partial charge is 0.138 e. The fourth-order valence-corrected chi connectivity index (χ4v) is 4.20. The SMILES string of the molecule is COc1cc(Cl)c(C(Br)c2c(Cl)cccc2Cl)cc1Cl. The monoisotopic (exact) mass is 412 g/mol. The summed E-state index contributed by atoms with van der Waals surface area (Å²) < 4.78 is 5.13. The second-order valence-electron chi connectivity index (χ2n) is 4.01. The molecule has 0 aliphatic rings. The molecule has 0 saturated heterocycles. The van der Waals surface area contributed by atoms with Gasteiger partial charge < -0.3 is 4.74 Å². The molecule has 1 atom stereocenters. The van der Waals surface area contributed by atoms with Gasteiger partial charge in [0.2, 0.25) is 0 Å². The fourth-order valence-electron chi connectivity index (χ4n) is 1.80. The lowest BCUT2D eigenvalue weighted by Gasteiger charge is -2.17. The molecule has 0 aliphatic carbocycles. The van der Waals surface area contributed by atoms with Crippen molar-refractivity contribution < 1.29 is 4.74 Å². The predicted molar refractivity (Wildman–Crippen MR) is 90.2 cm³/mol. The lowest BCUT2D eigenvalue weighted by molar-refractivity contribution is 0.415. The summed E-state index contributed by atoms with van der Waals surface area (Å²) in [6.07, 6.45) is 0. The molecule has 2 rings (SSSR count). The molecule has 0 amide bonds. The van der Waals surface area contributed by atoms with Gasteiger partial charge in [0.15, 0.2) is 0 Å². The lowest BCUT2D eigenvalue weighted by Crippen LogP contribution is -1.97. The van der Waals surface area contributed by atoms with Crippen molar-refractivity contribution >= 4 is 62.3 Å². The Kier molecular flexibility index (Phi) is 5.49. The molecule has 0 aliphatic heterocycles. The first-order valence-corrected chi connectivity index (χ1v) is 7.99. The predicted octanol–water partition coefficient (Wildman–Crippen LogP) is 6.79. The van der Waals surface area contributed by atoms with Gasteiger partial charge in [-0.2, -0.15) is 0 Å². The van der Waals surface area contributed by atoms with Gasteiger partial charge in [-0.25, -0.2) is 0 Å². The minimum Gasteiger partial charge on any atom is -0.495 e. The normalized spacial score (nSPS) is 12.3. The summed E-state index contributed by atoms with van der Waals surface area (Å²) in [5.41, 5.74) is 1.52. The number of halogens is 5. The standard InChI is InChI=1S/C14H9BrCl4O/c1-20-12-6-10(18)7(5-11(12)19)14(15)13-8(16)3-2-4-9(13)17/h2-6,14H,1H3. The molecule has 0 N–H and O–H groups in total. The molecule has 1 unspecified atom stereocenters. The van der Waals surface area contributed by atoms with Crippen LogP contribution in [0.4, 0.5) is 0 Å². The van der Waals surface area contributed by atoms with Crippen LogP contribution in [0.1, 0.15) is 16.0 Å². The maximum atomic E-state index is 6.27. The molecule has 1 nitrogen and oxygen atoms in total. The van der Waals surface area contributed by atoms with Crippen molar-refractivity contribution in [2.45, 2.75) is 4.83 Å². The summed E-state index contributed by atoms with van der Waals surface area (Å²) in [6, 6.07) is 8.74. The number of methoxy groups -OCH3 is 1. The number of hydrogen-bond acceptors (Lipinski definition) is 1. The van der Waals surface area contributed by atoms with Gasteiger partial charge in [-0.05, 0) is 23.8 Å². The van der Waals surface area contributed by atoms with Crippen LogP contribution in [-0.2, 0) is 0 Å². The van der Waals surface area contributed by atoms with Gasteiger partial charge in [0.1, 0.15) is 5.75 Å². The van der Waals surface area contributed by atoms with Crippen molar-refractivity contribution in [1.29, 1.82) is 0 Å². The molecular weight excluding hydrogens is 406 g/mol. The molecule has 0 spiro atoms. The topological polar surface area (TPSA) is 9.23 Å². The molecular formula is C14H9BrCl4O. The van der Waals surface area contributed by atoms with E-state index in [1.807, 2.05) is 0 Å². The first-order chi connectivity index (χ1) is 9.45. The maximum Gasteiger partial charge on any atom is 0.138 e. The number of ether oxygens (including phenoxy) is 1. The van der Waals surface area contributed by atoms with Crippen LogP contribution in [0.25, 0.3) is 0 Å². The Morgan fingerprint density at radius 3 is 2.10 bits per heavy atom. The molecule has 106 valence electrons. The second-order valence-corrected chi connectivity index (χ2v) is 6.55. The first-order valence-electron chi connectivity index (χ1n) is 5.56. The zero-order chi connectivity index (χ0) is 14.9. The van der Waals surface area contributed by atoms with Crippen LogP contribution in [0.15, 0.2) is 30.3 Å². The largest absolute Gasteiger partial charge is 0.495 e. The molecule has 20 heavy (non-hydrogen) atoms. The molecule has 6 heteroatoms. The number of rotatable bonds is 3. The van der Waals surface area contributed by atoms with Gasteiger partial charge in [-0.3, -0.25) is 0 Å². The van der Waals surface area contributed by atoms with Crippen LogP contribution in [0.2, 0.25) is 20.1 Å². The van der Waals surface area contributed by atoms with Crippen molar-refractivity contribution in [1.82, 2.24) is 0 Å². The van der Waals surface area contributed by atoms with Crippen LogP contribution >= 0.6 is 62.3 Å². The van der Waals surface area contributed by atoms with E-state index in [1.165, 1.54) is 7.11 Å². The van der Waals surface area contributed by atoms with Gasteiger partial charge in [0.25, 0.3) is 0 Å². The summed E-state index contributed by atoms with van der Waals surface area (Å²) in [5.74, 6) is 0.519. The van der Waals surface area contributed by atoms with E-state index in [2.05, 4.69) is 15.9 Å². The zero-order valence-corrected chi connectivity index (χ0v) is 14.9. The van der Waals surface area contributed by atoms with Crippen LogP contribution in [0.5, 0.6) is 5.75 Å². The third-order valence-electron chi connectivity index (χ3n) is 2.80. The van der Waals surface area contributed by atoms with Gasteiger partial charge in [0.05, 0.1) is 17.0 Å². The molecule has 0 aromatic heterocycles. The van der Waals surface area contributed by atoms with Crippen molar-refractivity contribution in [3.05, 3.63) is 61.5 Å². The Balaban J connectivity index is 2.54. The number of hydrogen-bond donors (Lipinski definition) is 0. The summed E-state index contributed by atoms with van der Waals surface area (Å²) in [4.78, 5) is -0.264. The van der Waals surface area contributed by atoms with Gasteiger partial charge >= 0.3 is 0 Å². The van der Waals surface area contributed by atoms with E-state index in [9.17, 15) is 0 Å². The summed E-state index contributed by atoms with van der Waals surface area (Å²) in [6.45, 7) is 0. The van der Waals surface area contributed by atoms with E-state index in [0.29, 0.717) is 25.8 Å². The molecule has 0 fully saturated rings. The molecule has 0 heterocycles. The summed E-state index contributed by atoms with van der Waals surface area (Å²) >= 11 is 28.4. The Hall–Kier alpha value is -0.120. The fraction of sp³-hybridized carbons (Fsp3) is 0.143. The van der Waals surface area contributed by atoms with Crippen molar-refractivity contribution in [2.75, 3.05) is 7.11 Å². The molecule has 0 radical (unpaired) electrons. The first kappa shape index (κ1) is 16.3. The minimum atomic E-state index is -0.264. The van der Waals surface area contributed by atoms with Crippen LogP contribution in [0.3, 0.4) is 0 Å². The zero-order valence-electron chi connectivity index (χ0n) is 10.3. The Bertz CT molecular complexity index is 625. The molecule has 0 bridgehead atoms. The van der Waals surface area contributed by atoms with Crippen LogP contribution < -0.4 is 4.74 Å². The van der Waals surface area contributed by atoms with Crippen LogP contribution in [0, 0.1) is 0 Å². The average molecular weight is 415 g/mol. The highest BCUT2D eigenvalue weighted by molar-refractivity contribution is 9.09. The second kappa shape index (κ2) is 6.76. The van der Waals surface area contributed by atoms with E-state index in [1.54, 1.807) is 30.3 Å².